The van der Waals surface area contributed by atoms with Crippen molar-refractivity contribution in [2.75, 3.05) is 44.6 Å². The molecule has 37 heavy (non-hydrogen) atoms. The van der Waals surface area contributed by atoms with Crippen LogP contribution in [0.15, 0.2) is 36.4 Å². The summed E-state index contributed by atoms with van der Waals surface area (Å²) in [6, 6.07) is 11.5. The van der Waals surface area contributed by atoms with E-state index in [0.29, 0.717) is 23.8 Å². The third-order valence-electron chi connectivity index (χ3n) is 6.70. The molecule has 2 amide bonds. The van der Waals surface area contributed by atoms with E-state index in [9.17, 15) is 9.59 Å². The van der Waals surface area contributed by atoms with E-state index in [1.807, 2.05) is 30.3 Å². The van der Waals surface area contributed by atoms with Crippen molar-refractivity contribution in [3.63, 3.8) is 0 Å². The number of piperidine rings is 1. The van der Waals surface area contributed by atoms with Crippen molar-refractivity contribution in [3.05, 3.63) is 47.5 Å². The highest BCUT2D eigenvalue weighted by molar-refractivity contribution is 5.93. The number of pyridine rings is 1. The van der Waals surface area contributed by atoms with Crippen molar-refractivity contribution in [1.82, 2.24) is 10.3 Å². The minimum absolute atomic E-state index is 0.0431. The quantitative estimate of drug-likeness (QED) is 0.475. The highest BCUT2D eigenvalue weighted by atomic mass is 16.5. The van der Waals surface area contributed by atoms with Gasteiger partial charge in [0.1, 0.15) is 5.82 Å². The predicted molar refractivity (Wildman–Crippen MR) is 144 cm³/mol. The third-order valence-corrected chi connectivity index (χ3v) is 6.70. The number of hydrogen-bond acceptors (Lipinski definition) is 7. The van der Waals surface area contributed by atoms with Gasteiger partial charge in [-0.1, -0.05) is 0 Å². The fraction of sp³-hybridized carbons (Fsp3) is 0.393. The van der Waals surface area contributed by atoms with Crippen LogP contribution in [0.1, 0.15) is 30.9 Å². The second-order valence-corrected chi connectivity index (χ2v) is 9.22. The fourth-order valence-electron chi connectivity index (χ4n) is 4.76. The summed E-state index contributed by atoms with van der Waals surface area (Å²) in [4.78, 5) is 31.4. The first kappa shape index (κ1) is 26.1. The van der Waals surface area contributed by atoms with Crippen LogP contribution in [0.25, 0.3) is 10.9 Å². The monoisotopic (exact) mass is 506 g/mol. The van der Waals surface area contributed by atoms with E-state index in [0.717, 1.165) is 59.5 Å². The summed E-state index contributed by atoms with van der Waals surface area (Å²) in [6.45, 7) is 5.43. The molecule has 3 aromatic rings. The molecule has 4 rings (SSSR count). The van der Waals surface area contributed by atoms with E-state index in [4.69, 9.17) is 19.2 Å². The number of nitrogens with one attached hydrogen (secondary N) is 2. The highest BCUT2D eigenvalue weighted by Gasteiger charge is 2.26. The molecule has 0 radical (unpaired) electrons. The second-order valence-electron chi connectivity index (χ2n) is 9.22. The lowest BCUT2D eigenvalue weighted by Crippen LogP contribution is -2.40. The molecule has 0 atom stereocenters. The molecule has 0 unspecified atom stereocenters. The summed E-state index contributed by atoms with van der Waals surface area (Å²) in [6.07, 6.45) is 1.50. The Hall–Kier alpha value is -4.01. The lowest BCUT2D eigenvalue weighted by atomic mass is 9.95. The molecule has 2 aromatic carbocycles. The molecule has 1 aliphatic heterocycles. The van der Waals surface area contributed by atoms with Gasteiger partial charge >= 0.3 is 0 Å². The Morgan fingerprint density at radius 1 is 1.00 bits per heavy atom. The van der Waals surface area contributed by atoms with Crippen molar-refractivity contribution >= 4 is 34.2 Å². The molecule has 0 spiro atoms. The van der Waals surface area contributed by atoms with E-state index in [1.165, 1.54) is 6.92 Å². The van der Waals surface area contributed by atoms with Crippen LogP contribution in [0.3, 0.4) is 0 Å². The first-order valence-electron chi connectivity index (χ1n) is 12.3. The van der Waals surface area contributed by atoms with Gasteiger partial charge in [0.05, 0.1) is 26.8 Å². The first-order chi connectivity index (χ1) is 17.8. The van der Waals surface area contributed by atoms with E-state index in [-0.39, 0.29) is 17.7 Å². The molecular weight excluding hydrogens is 472 g/mol. The largest absolute Gasteiger partial charge is 0.493 e. The molecule has 1 fully saturated rings. The van der Waals surface area contributed by atoms with Gasteiger partial charge in [-0.2, -0.15) is 0 Å². The summed E-state index contributed by atoms with van der Waals surface area (Å²) >= 11 is 0. The summed E-state index contributed by atoms with van der Waals surface area (Å²) in [5.41, 5.74) is 3.61. The predicted octanol–water partition coefficient (Wildman–Crippen LogP) is 4.06. The number of fused-ring (bicyclic) bond motifs is 1. The SMILES string of the molecule is COc1cc(CNC(=O)C2CCN(c3cc(C)c4cc(NC(C)=O)ccc4n3)CC2)cc(OC)c1OC. The number of rotatable bonds is 8. The zero-order chi connectivity index (χ0) is 26.5. The highest BCUT2D eigenvalue weighted by Crippen LogP contribution is 2.38. The number of aryl methyl sites for hydroxylation is 1. The number of nitrogens with zero attached hydrogens (tertiary/aromatic N) is 2. The molecule has 0 saturated carbocycles. The molecular formula is C28H34N4O5. The molecule has 9 heteroatoms. The molecule has 2 N–H and O–H groups in total. The average Bonchev–Trinajstić information content (AvgIpc) is 2.91. The summed E-state index contributed by atoms with van der Waals surface area (Å²) in [5, 5.41) is 6.89. The Morgan fingerprint density at radius 3 is 2.27 bits per heavy atom. The van der Waals surface area contributed by atoms with Crippen LogP contribution in [0, 0.1) is 12.8 Å². The third kappa shape index (κ3) is 5.87. The number of ether oxygens (including phenoxy) is 3. The van der Waals surface area contributed by atoms with E-state index < -0.39 is 0 Å². The number of benzene rings is 2. The van der Waals surface area contributed by atoms with Gasteiger partial charge in [0.25, 0.3) is 0 Å². The number of methoxy groups -OCH3 is 3. The Bertz CT molecular complexity index is 1280. The van der Waals surface area contributed by atoms with Crippen LogP contribution in [0.2, 0.25) is 0 Å². The van der Waals surface area contributed by atoms with Crippen molar-refractivity contribution in [2.45, 2.75) is 33.2 Å². The van der Waals surface area contributed by atoms with Crippen LogP contribution < -0.4 is 29.7 Å². The van der Waals surface area contributed by atoms with Gasteiger partial charge in [-0.05, 0) is 67.3 Å². The van der Waals surface area contributed by atoms with Gasteiger partial charge in [-0.25, -0.2) is 4.98 Å². The maximum absolute atomic E-state index is 12.9. The Morgan fingerprint density at radius 2 is 1.68 bits per heavy atom. The zero-order valence-corrected chi connectivity index (χ0v) is 22.0. The Labute approximate surface area is 217 Å². The molecule has 1 saturated heterocycles. The summed E-state index contributed by atoms with van der Waals surface area (Å²) < 4.78 is 16.2. The Kier molecular flexibility index (Phi) is 8.01. The lowest BCUT2D eigenvalue weighted by molar-refractivity contribution is -0.125. The standard InChI is InChI=1S/C28H34N4O5/c1-17-12-26(31-23-7-6-21(15-22(17)23)30-18(2)33)32-10-8-20(9-11-32)28(34)29-16-19-13-24(35-3)27(37-5)25(14-19)36-4/h6-7,12-15,20H,8-11,16H2,1-5H3,(H,29,34)(H,30,33). The number of amides is 2. The topological polar surface area (TPSA) is 102 Å². The van der Waals surface area contributed by atoms with Crippen LogP contribution in [-0.2, 0) is 16.1 Å². The van der Waals surface area contributed by atoms with Crippen LogP contribution in [0.5, 0.6) is 17.2 Å². The molecule has 196 valence electrons. The smallest absolute Gasteiger partial charge is 0.223 e. The number of carbonyl (C=O) groups is 2. The van der Waals surface area contributed by atoms with Crippen LogP contribution >= 0.6 is 0 Å². The average molecular weight is 507 g/mol. The fourth-order valence-corrected chi connectivity index (χ4v) is 4.76. The minimum atomic E-state index is -0.100. The molecule has 2 heterocycles. The molecule has 1 aliphatic rings. The first-order valence-corrected chi connectivity index (χ1v) is 12.3. The van der Waals surface area contributed by atoms with Crippen molar-refractivity contribution in [3.8, 4) is 17.2 Å². The molecule has 0 bridgehead atoms. The number of aromatic nitrogens is 1. The van der Waals surface area contributed by atoms with Gasteiger partial charge in [-0.3, -0.25) is 9.59 Å². The number of hydrogen-bond donors (Lipinski definition) is 2. The van der Waals surface area contributed by atoms with E-state index in [1.54, 1.807) is 21.3 Å². The second kappa shape index (κ2) is 11.4. The van der Waals surface area contributed by atoms with Gasteiger partial charge in [-0.15, -0.1) is 0 Å². The number of carbonyl (C=O) groups excluding carboxylic acids is 2. The van der Waals surface area contributed by atoms with Crippen LogP contribution in [0.4, 0.5) is 11.5 Å². The molecule has 9 nitrogen and oxygen atoms in total. The van der Waals surface area contributed by atoms with Gasteiger partial charge in [0.2, 0.25) is 17.6 Å². The summed E-state index contributed by atoms with van der Waals surface area (Å²) in [7, 11) is 4.71. The molecule has 1 aromatic heterocycles. The van der Waals surface area contributed by atoms with Gasteiger partial charge in [0, 0.05) is 43.5 Å². The van der Waals surface area contributed by atoms with Crippen molar-refractivity contribution in [2.24, 2.45) is 5.92 Å². The van der Waals surface area contributed by atoms with Gasteiger partial charge in [0.15, 0.2) is 11.5 Å². The van der Waals surface area contributed by atoms with Gasteiger partial charge < -0.3 is 29.7 Å². The summed E-state index contributed by atoms with van der Waals surface area (Å²) in [5.74, 6) is 2.44. The molecule has 0 aliphatic carbocycles. The van der Waals surface area contributed by atoms with Crippen molar-refractivity contribution in [1.29, 1.82) is 0 Å². The maximum atomic E-state index is 12.9. The number of anilines is 2. The lowest BCUT2D eigenvalue weighted by Gasteiger charge is -2.32. The van der Waals surface area contributed by atoms with Crippen molar-refractivity contribution < 1.29 is 23.8 Å². The minimum Gasteiger partial charge on any atom is -0.493 e. The van der Waals surface area contributed by atoms with E-state index >= 15 is 0 Å². The van der Waals surface area contributed by atoms with Crippen LogP contribution in [-0.4, -0.2) is 51.2 Å². The van der Waals surface area contributed by atoms with E-state index in [2.05, 4.69) is 28.5 Å². The zero-order valence-electron chi connectivity index (χ0n) is 22.0. The normalized spacial score (nSPS) is 13.8. The Balaban J connectivity index is 1.37. The maximum Gasteiger partial charge on any atom is 0.223 e.